The molecule has 1 aliphatic heterocycles. The molecule has 1 saturated heterocycles. The number of aldehydes is 1. The van der Waals surface area contributed by atoms with Gasteiger partial charge in [0.15, 0.2) is 5.79 Å². The number of ether oxygens (including phenoxy) is 3. The minimum atomic E-state index is -0.539. The van der Waals surface area contributed by atoms with Crippen LogP contribution in [0.25, 0.3) is 0 Å². The maximum absolute atomic E-state index is 12.4. The monoisotopic (exact) mass is 394 g/mol. The molecule has 4 rings (SSSR count). The van der Waals surface area contributed by atoms with Crippen molar-refractivity contribution in [2.45, 2.75) is 83.7 Å². The molecule has 6 heteroatoms. The Morgan fingerprint density at radius 3 is 2.39 bits per heavy atom. The molecule has 1 N–H and O–H groups in total. The zero-order chi connectivity index (χ0) is 20.2. The van der Waals surface area contributed by atoms with Gasteiger partial charge in [-0.05, 0) is 43.9 Å². The van der Waals surface area contributed by atoms with Crippen LogP contribution in [0.1, 0.15) is 65.7 Å². The average Bonchev–Trinajstić information content (AvgIpc) is 3.24. The summed E-state index contributed by atoms with van der Waals surface area (Å²) in [6.45, 7) is 7.07. The Labute approximate surface area is 167 Å². The zero-order valence-corrected chi connectivity index (χ0v) is 17.3. The van der Waals surface area contributed by atoms with Crippen LogP contribution in [0, 0.1) is 28.6 Å². The van der Waals surface area contributed by atoms with Crippen LogP contribution in [0.4, 0.5) is 0 Å². The van der Waals surface area contributed by atoms with E-state index in [0.29, 0.717) is 26.1 Å². The van der Waals surface area contributed by atoms with Crippen LogP contribution in [0.2, 0.25) is 0 Å². The fourth-order valence-corrected chi connectivity index (χ4v) is 7.12. The van der Waals surface area contributed by atoms with Crippen molar-refractivity contribution in [2.75, 3.05) is 13.2 Å². The molecule has 0 aromatic carbocycles. The second kappa shape index (κ2) is 7.06. The lowest BCUT2D eigenvalue weighted by Crippen LogP contribution is -2.57. The van der Waals surface area contributed by atoms with Gasteiger partial charge in [-0.25, -0.2) is 0 Å². The van der Waals surface area contributed by atoms with E-state index in [4.69, 9.17) is 14.2 Å². The van der Waals surface area contributed by atoms with Crippen molar-refractivity contribution in [1.29, 1.82) is 0 Å². The summed E-state index contributed by atoms with van der Waals surface area (Å²) < 4.78 is 17.9. The number of rotatable bonds is 3. The zero-order valence-electron chi connectivity index (χ0n) is 17.3. The fourth-order valence-electron chi connectivity index (χ4n) is 7.12. The van der Waals surface area contributed by atoms with E-state index in [9.17, 15) is 14.7 Å². The first-order chi connectivity index (χ1) is 13.3. The van der Waals surface area contributed by atoms with Gasteiger partial charge in [-0.15, -0.1) is 0 Å². The maximum Gasteiger partial charge on any atom is 0.302 e. The minimum absolute atomic E-state index is 0.107. The Balaban J connectivity index is 1.64. The molecule has 1 spiro atoms. The van der Waals surface area contributed by atoms with E-state index in [1.165, 1.54) is 6.92 Å². The van der Waals surface area contributed by atoms with Gasteiger partial charge in [0.05, 0.1) is 19.3 Å². The largest absolute Gasteiger partial charge is 0.462 e. The summed E-state index contributed by atoms with van der Waals surface area (Å²) in [6, 6.07) is 0. The van der Waals surface area contributed by atoms with Gasteiger partial charge in [-0.1, -0.05) is 13.8 Å². The van der Waals surface area contributed by atoms with Gasteiger partial charge >= 0.3 is 5.97 Å². The molecule has 28 heavy (non-hydrogen) atoms. The van der Waals surface area contributed by atoms with Crippen LogP contribution in [-0.4, -0.2) is 48.6 Å². The molecular weight excluding hydrogens is 360 g/mol. The second-order valence-electron chi connectivity index (χ2n) is 9.90. The van der Waals surface area contributed by atoms with Crippen molar-refractivity contribution < 1.29 is 28.9 Å². The van der Waals surface area contributed by atoms with E-state index in [1.54, 1.807) is 0 Å². The van der Waals surface area contributed by atoms with Crippen LogP contribution in [0.15, 0.2) is 0 Å². The number of hydrogen-bond acceptors (Lipinski definition) is 6. The van der Waals surface area contributed by atoms with Crippen LogP contribution < -0.4 is 0 Å². The maximum atomic E-state index is 12.4. The first kappa shape index (κ1) is 20.3. The van der Waals surface area contributed by atoms with Crippen molar-refractivity contribution >= 4 is 12.3 Å². The van der Waals surface area contributed by atoms with Crippen molar-refractivity contribution in [3.05, 3.63) is 0 Å². The van der Waals surface area contributed by atoms with Gasteiger partial charge < -0.3 is 24.1 Å². The highest BCUT2D eigenvalue weighted by molar-refractivity contribution is 5.66. The Morgan fingerprint density at radius 1 is 1.07 bits per heavy atom. The van der Waals surface area contributed by atoms with Crippen LogP contribution in [-0.2, 0) is 23.8 Å². The van der Waals surface area contributed by atoms with E-state index in [0.717, 1.165) is 38.4 Å². The van der Waals surface area contributed by atoms with Crippen LogP contribution in [0.5, 0.6) is 0 Å². The number of carbonyl (C=O) groups is 2. The minimum Gasteiger partial charge on any atom is -0.462 e. The van der Waals surface area contributed by atoms with Crippen molar-refractivity contribution in [1.82, 2.24) is 0 Å². The van der Waals surface area contributed by atoms with Crippen molar-refractivity contribution in [3.63, 3.8) is 0 Å². The van der Waals surface area contributed by atoms with Crippen LogP contribution in [0.3, 0.4) is 0 Å². The number of hydrogen-bond donors (Lipinski definition) is 1. The lowest BCUT2D eigenvalue weighted by atomic mass is 9.51. The van der Waals surface area contributed by atoms with Gasteiger partial charge in [-0.2, -0.15) is 0 Å². The van der Waals surface area contributed by atoms with Gasteiger partial charge in [0, 0.05) is 36.5 Å². The number of aliphatic hydroxyl groups excluding tert-OH is 1. The molecule has 0 bridgehead atoms. The van der Waals surface area contributed by atoms with E-state index >= 15 is 0 Å². The van der Waals surface area contributed by atoms with Gasteiger partial charge in [0.1, 0.15) is 12.4 Å². The smallest absolute Gasteiger partial charge is 0.302 e. The molecule has 158 valence electrons. The third kappa shape index (κ3) is 2.86. The van der Waals surface area contributed by atoms with Gasteiger partial charge in [0.2, 0.25) is 0 Å². The molecule has 0 amide bonds. The van der Waals surface area contributed by atoms with E-state index in [2.05, 4.69) is 13.8 Å². The SMILES string of the molecule is CC(=O)O[C@H]1C[C@@H](O)CC[C@]1(C)C1CC[C@@]2(C)C(CCC23OCCO3)[C@@H]1C=O. The highest BCUT2D eigenvalue weighted by Gasteiger charge is 2.66. The van der Waals surface area contributed by atoms with E-state index in [-0.39, 0.29) is 40.7 Å². The number of aliphatic hydroxyl groups is 1. The molecule has 7 atom stereocenters. The second-order valence-corrected chi connectivity index (χ2v) is 9.90. The van der Waals surface area contributed by atoms with Crippen LogP contribution >= 0.6 is 0 Å². The molecule has 6 nitrogen and oxygen atoms in total. The Morgan fingerprint density at radius 2 is 1.75 bits per heavy atom. The van der Waals surface area contributed by atoms with Gasteiger partial charge in [0.25, 0.3) is 0 Å². The Bertz CT molecular complexity index is 629. The predicted octanol–water partition coefficient (Wildman–Crippen LogP) is 2.85. The highest BCUT2D eigenvalue weighted by Crippen LogP contribution is 2.65. The molecule has 4 fully saturated rings. The van der Waals surface area contributed by atoms with Crippen molar-refractivity contribution in [3.8, 4) is 0 Å². The molecule has 0 aromatic heterocycles. The molecule has 2 unspecified atom stereocenters. The lowest BCUT2D eigenvalue weighted by Gasteiger charge is -2.56. The normalized spacial score (nSPS) is 47.6. The Hall–Kier alpha value is -0.980. The fraction of sp³-hybridized carbons (Fsp3) is 0.909. The quantitative estimate of drug-likeness (QED) is 0.585. The molecular formula is C22H34O6. The number of esters is 1. The highest BCUT2D eigenvalue weighted by atomic mass is 16.7. The molecule has 0 radical (unpaired) electrons. The predicted molar refractivity (Wildman–Crippen MR) is 101 cm³/mol. The number of fused-ring (bicyclic) bond motifs is 2. The van der Waals surface area contributed by atoms with Gasteiger partial charge in [-0.3, -0.25) is 4.79 Å². The van der Waals surface area contributed by atoms with E-state index < -0.39 is 11.9 Å². The average molecular weight is 395 g/mol. The number of carbonyl (C=O) groups excluding carboxylic acids is 2. The lowest BCUT2D eigenvalue weighted by molar-refractivity contribution is -0.243. The topological polar surface area (TPSA) is 82.1 Å². The summed E-state index contributed by atoms with van der Waals surface area (Å²) >= 11 is 0. The van der Waals surface area contributed by atoms with E-state index in [1.807, 2.05) is 0 Å². The molecule has 0 aromatic rings. The summed E-state index contributed by atoms with van der Waals surface area (Å²) in [5, 5.41) is 10.2. The summed E-state index contributed by atoms with van der Waals surface area (Å²) in [4.78, 5) is 24.1. The summed E-state index contributed by atoms with van der Waals surface area (Å²) in [5.74, 6) is -0.617. The summed E-state index contributed by atoms with van der Waals surface area (Å²) in [7, 11) is 0. The summed E-state index contributed by atoms with van der Waals surface area (Å²) in [5.41, 5.74) is -0.460. The first-order valence-corrected chi connectivity index (χ1v) is 10.8. The Kier molecular flexibility index (Phi) is 5.12. The molecule has 3 aliphatic carbocycles. The standard InChI is InChI=1S/C22H34O6/c1-14(24)28-19-12-15(25)4-7-20(19,2)17-5-8-21(3)18(16(17)13-23)6-9-22(21)26-10-11-27-22/h13,15-19,25H,4-12H2,1-3H3/t15-,16+,17?,18?,19-,20+,21-/m0/s1. The summed E-state index contributed by atoms with van der Waals surface area (Å²) in [6.07, 6.45) is 5.85. The first-order valence-electron chi connectivity index (χ1n) is 10.8. The molecule has 4 aliphatic rings. The third-order valence-electron chi connectivity index (χ3n) is 8.68. The molecule has 1 heterocycles. The third-order valence-corrected chi connectivity index (χ3v) is 8.68. The molecule has 3 saturated carbocycles. The van der Waals surface area contributed by atoms with Crippen molar-refractivity contribution in [2.24, 2.45) is 28.6 Å².